The van der Waals surface area contributed by atoms with E-state index in [0.29, 0.717) is 5.41 Å². The Morgan fingerprint density at radius 2 is 1.92 bits per heavy atom. The molecule has 1 saturated heterocycles. The fourth-order valence-corrected chi connectivity index (χ4v) is 4.34. The Morgan fingerprint density at radius 3 is 2.50 bits per heavy atom. The highest BCUT2D eigenvalue weighted by atomic mass is 35.5. The molecule has 4 rings (SSSR count). The van der Waals surface area contributed by atoms with E-state index in [9.17, 15) is 0 Å². The van der Waals surface area contributed by atoms with Gasteiger partial charge in [-0.15, -0.1) is 35.0 Å². The van der Waals surface area contributed by atoms with Crippen LogP contribution in [0.25, 0.3) is 11.3 Å². The molecule has 2 aromatic heterocycles. The lowest BCUT2D eigenvalue weighted by Crippen LogP contribution is -2.47. The van der Waals surface area contributed by atoms with Crippen LogP contribution in [0.5, 0.6) is 0 Å². The van der Waals surface area contributed by atoms with Crippen LogP contribution >= 0.6 is 24.8 Å². The van der Waals surface area contributed by atoms with Crippen molar-refractivity contribution in [2.24, 2.45) is 18.4 Å². The number of hydrogen-bond acceptors (Lipinski definition) is 5. The predicted molar refractivity (Wildman–Crippen MR) is 109 cm³/mol. The van der Waals surface area contributed by atoms with Gasteiger partial charge in [0.1, 0.15) is 5.82 Å². The van der Waals surface area contributed by atoms with E-state index in [4.69, 9.17) is 0 Å². The Hall–Kier alpha value is -1.37. The summed E-state index contributed by atoms with van der Waals surface area (Å²) in [6.45, 7) is 5.40. The third kappa shape index (κ3) is 4.30. The third-order valence-electron chi connectivity index (χ3n) is 5.63. The Kier molecular flexibility index (Phi) is 6.88. The molecule has 6 nitrogen and oxygen atoms in total. The van der Waals surface area contributed by atoms with Crippen molar-refractivity contribution in [1.82, 2.24) is 25.3 Å². The topological polar surface area (TPSA) is 67.7 Å². The number of rotatable bonds is 4. The van der Waals surface area contributed by atoms with Gasteiger partial charge in [-0.25, -0.2) is 0 Å². The lowest BCUT2D eigenvalue weighted by Gasteiger charge is -2.50. The highest BCUT2D eigenvalue weighted by Gasteiger charge is 2.43. The van der Waals surface area contributed by atoms with Crippen LogP contribution in [-0.4, -0.2) is 39.6 Å². The van der Waals surface area contributed by atoms with Crippen molar-refractivity contribution in [2.75, 3.05) is 25.0 Å². The third-order valence-corrected chi connectivity index (χ3v) is 5.63. The van der Waals surface area contributed by atoms with Gasteiger partial charge >= 0.3 is 0 Å². The van der Waals surface area contributed by atoms with E-state index in [1.807, 2.05) is 37.0 Å². The smallest absolute Gasteiger partial charge is 0.148 e. The number of nitrogens with zero attached hydrogens (tertiary/aromatic N) is 4. The summed E-state index contributed by atoms with van der Waals surface area (Å²) in [4.78, 5) is 0. The fourth-order valence-electron chi connectivity index (χ4n) is 4.34. The molecule has 0 atom stereocenters. The van der Waals surface area contributed by atoms with Crippen LogP contribution in [0, 0.1) is 18.3 Å². The van der Waals surface area contributed by atoms with Crippen molar-refractivity contribution in [3.05, 3.63) is 24.0 Å². The molecule has 2 aliphatic rings. The first-order valence-electron chi connectivity index (χ1n) is 8.93. The van der Waals surface area contributed by atoms with E-state index in [1.165, 1.54) is 38.8 Å². The summed E-state index contributed by atoms with van der Waals surface area (Å²) in [6.07, 6.45) is 7.41. The highest BCUT2D eigenvalue weighted by Crippen LogP contribution is 2.51. The first-order chi connectivity index (χ1) is 11.6. The molecule has 1 aliphatic heterocycles. The van der Waals surface area contributed by atoms with E-state index < -0.39 is 0 Å². The molecule has 144 valence electrons. The number of anilines is 1. The van der Waals surface area contributed by atoms with Crippen molar-refractivity contribution < 1.29 is 0 Å². The number of hydrogen-bond donors (Lipinski definition) is 2. The summed E-state index contributed by atoms with van der Waals surface area (Å²) in [5.74, 6) is 1.65. The molecule has 1 saturated carbocycles. The van der Waals surface area contributed by atoms with E-state index in [2.05, 4.69) is 25.9 Å². The minimum atomic E-state index is 0. The van der Waals surface area contributed by atoms with E-state index >= 15 is 0 Å². The number of aromatic nitrogens is 4. The lowest BCUT2D eigenvalue weighted by atomic mass is 9.58. The second-order valence-corrected chi connectivity index (χ2v) is 7.51. The van der Waals surface area contributed by atoms with Crippen molar-refractivity contribution in [3.63, 3.8) is 0 Å². The van der Waals surface area contributed by atoms with Crippen LogP contribution in [0.4, 0.5) is 5.82 Å². The zero-order valence-electron chi connectivity index (χ0n) is 15.4. The molecular weight excluding hydrogens is 371 g/mol. The molecule has 0 aromatic carbocycles. The van der Waals surface area contributed by atoms with Gasteiger partial charge in [0.15, 0.2) is 0 Å². The zero-order chi connectivity index (χ0) is 16.6. The van der Waals surface area contributed by atoms with Gasteiger partial charge in [-0.1, -0.05) is 0 Å². The van der Waals surface area contributed by atoms with Gasteiger partial charge in [0.25, 0.3) is 0 Å². The minimum absolute atomic E-state index is 0. The van der Waals surface area contributed by atoms with E-state index in [-0.39, 0.29) is 24.8 Å². The first-order valence-corrected chi connectivity index (χ1v) is 8.93. The Labute approximate surface area is 167 Å². The summed E-state index contributed by atoms with van der Waals surface area (Å²) >= 11 is 0. The second kappa shape index (κ2) is 8.55. The molecule has 0 radical (unpaired) electrons. The minimum Gasteiger partial charge on any atom is -0.368 e. The SMILES string of the molecule is Cc1nn(C)cc1-c1ccc(NCC2CC3(CCNCC3)C2)nn1.Cl.Cl. The maximum atomic E-state index is 4.36. The van der Waals surface area contributed by atoms with Crippen LogP contribution in [0.1, 0.15) is 31.4 Å². The predicted octanol–water partition coefficient (Wildman–Crippen LogP) is 3.22. The molecule has 1 aliphatic carbocycles. The second-order valence-electron chi connectivity index (χ2n) is 7.51. The summed E-state index contributed by atoms with van der Waals surface area (Å²) in [5.41, 5.74) is 3.55. The van der Waals surface area contributed by atoms with E-state index in [0.717, 1.165) is 35.2 Å². The summed E-state index contributed by atoms with van der Waals surface area (Å²) in [6, 6.07) is 4.04. The molecule has 3 heterocycles. The normalized spacial score (nSPS) is 18.5. The average Bonchev–Trinajstić information content (AvgIpc) is 2.91. The van der Waals surface area contributed by atoms with Crippen molar-refractivity contribution in [1.29, 1.82) is 0 Å². The van der Waals surface area contributed by atoms with Gasteiger partial charge in [0.2, 0.25) is 0 Å². The Bertz CT molecular complexity index is 701. The van der Waals surface area contributed by atoms with Crippen molar-refractivity contribution >= 4 is 30.6 Å². The molecule has 0 unspecified atom stereocenters. The number of halogens is 2. The monoisotopic (exact) mass is 398 g/mol. The summed E-state index contributed by atoms with van der Waals surface area (Å²) in [5, 5.41) is 20.0. The fraction of sp³-hybridized carbons (Fsp3) is 0.611. The lowest BCUT2D eigenvalue weighted by molar-refractivity contribution is 0.0285. The molecule has 8 heteroatoms. The molecule has 1 spiro atoms. The maximum Gasteiger partial charge on any atom is 0.148 e. The van der Waals surface area contributed by atoms with Crippen LogP contribution in [0.3, 0.4) is 0 Å². The number of nitrogens with one attached hydrogen (secondary N) is 2. The van der Waals surface area contributed by atoms with Gasteiger partial charge in [-0.3, -0.25) is 4.68 Å². The quantitative estimate of drug-likeness (QED) is 0.827. The van der Waals surface area contributed by atoms with Crippen LogP contribution in [-0.2, 0) is 7.05 Å². The van der Waals surface area contributed by atoms with Gasteiger partial charge in [0, 0.05) is 25.4 Å². The Balaban J connectivity index is 0.00000121. The van der Waals surface area contributed by atoms with Gasteiger partial charge in [-0.2, -0.15) is 5.10 Å². The first kappa shape index (κ1) is 20.9. The number of piperidine rings is 1. The van der Waals surface area contributed by atoms with E-state index in [1.54, 1.807) is 0 Å². The average molecular weight is 399 g/mol. The molecule has 2 fully saturated rings. The van der Waals surface area contributed by atoms with Crippen molar-refractivity contribution in [2.45, 2.75) is 32.6 Å². The van der Waals surface area contributed by atoms with Gasteiger partial charge in [-0.05, 0) is 69.2 Å². The van der Waals surface area contributed by atoms with Crippen LogP contribution in [0.2, 0.25) is 0 Å². The Morgan fingerprint density at radius 1 is 1.19 bits per heavy atom. The maximum absolute atomic E-state index is 4.36. The van der Waals surface area contributed by atoms with Crippen LogP contribution in [0.15, 0.2) is 18.3 Å². The summed E-state index contributed by atoms with van der Waals surface area (Å²) in [7, 11) is 1.92. The molecular formula is C18H28Cl2N6. The number of aryl methyl sites for hydroxylation is 2. The molecule has 26 heavy (non-hydrogen) atoms. The highest BCUT2D eigenvalue weighted by molar-refractivity contribution is 5.85. The van der Waals surface area contributed by atoms with Gasteiger partial charge in [0.05, 0.1) is 11.4 Å². The standard InChI is InChI=1S/C18H26N6.2ClH/c1-13-15(12-24(2)23-13)16-3-4-17(22-21-16)20-11-14-9-18(10-14)5-7-19-8-6-18;;/h3-4,12,14,19H,5-11H2,1-2H3,(H,20,22);2*1H. The molecule has 2 N–H and O–H groups in total. The van der Waals surface area contributed by atoms with Crippen LogP contribution < -0.4 is 10.6 Å². The molecule has 0 amide bonds. The zero-order valence-corrected chi connectivity index (χ0v) is 17.0. The summed E-state index contributed by atoms with van der Waals surface area (Å²) < 4.78 is 1.81. The molecule has 2 aromatic rings. The van der Waals surface area contributed by atoms with Crippen molar-refractivity contribution in [3.8, 4) is 11.3 Å². The largest absolute Gasteiger partial charge is 0.368 e. The van der Waals surface area contributed by atoms with Gasteiger partial charge < -0.3 is 10.6 Å². The molecule has 0 bridgehead atoms.